The van der Waals surface area contributed by atoms with E-state index in [0.29, 0.717) is 56.4 Å². The van der Waals surface area contributed by atoms with Crippen LogP contribution in [0.25, 0.3) is 0 Å². The molecule has 3 aromatic carbocycles. The predicted molar refractivity (Wildman–Crippen MR) is 613 cm³/mol. The lowest BCUT2D eigenvalue weighted by Crippen LogP contribution is -2.43. The molecule has 0 heterocycles. The molecule has 3 rings (SSSR count). The molecule has 0 unspecified atom stereocenters. The Kier molecular flexibility index (Phi) is 90.7. The van der Waals surface area contributed by atoms with Gasteiger partial charge >= 0.3 is 17.9 Å². The molecule has 25 nitrogen and oxygen atoms in total. The van der Waals surface area contributed by atoms with E-state index in [-0.39, 0.29) is 130 Å². The second kappa shape index (κ2) is 89.8. The van der Waals surface area contributed by atoms with Crippen LogP contribution >= 0.6 is 0 Å². The van der Waals surface area contributed by atoms with Gasteiger partial charge in [-0.1, -0.05) is 174 Å². The van der Waals surface area contributed by atoms with Crippen LogP contribution < -0.4 is 16.0 Å². The average Bonchev–Trinajstić information content (AvgIpc) is 0.836. The largest absolute Gasteiger partial charge is 0.462 e. The second-order valence-electron chi connectivity index (χ2n) is 45.5. The summed E-state index contributed by atoms with van der Waals surface area (Å²) in [5.41, 5.74) is 3.55. The summed E-state index contributed by atoms with van der Waals surface area (Å²) in [5.74, 6) is 0.973. The maximum atomic E-state index is 11.7. The Labute approximate surface area is 894 Å². The first-order valence-electron chi connectivity index (χ1n) is 56.5. The van der Waals surface area contributed by atoms with Gasteiger partial charge in [0.15, 0.2) is 0 Å². The van der Waals surface area contributed by atoms with Gasteiger partial charge in [-0.2, -0.15) is 0 Å². The molecule has 0 aliphatic heterocycles. The molecule has 3 N–H and O–H groups in total. The molecular formula is C120H234N10O15. The van der Waals surface area contributed by atoms with Crippen molar-refractivity contribution in [2.45, 2.75) is 496 Å². The molecule has 0 bridgehead atoms. The van der Waals surface area contributed by atoms with Crippen molar-refractivity contribution in [1.82, 2.24) is 50.2 Å². The molecule has 0 aliphatic rings. The SMILES string of the molecule is CC(C)CCN(CCC(C)C)CCC(C)C.CC(C)N(C(C)C)C(C)C.CC(C)NCCCN(CCCNC(C)C)CCCNC(C)C.CC(C)OC(=O)CN(CC(=O)OC(C)C)CC(=O)OC(C)C.CC(C)OCN(COC(C)C)COC(C)C.CC(C)O[C@@H](CN(C[C@H](OC(C)C)c1ccccc1)C[C@H](OC(C)C)c1ccccc1)c1ccccc1.CC(C)O[C@H](C)CN(C[C@@H](C)OC(C)C)C[C@@H](C)OC(C)C. The van der Waals surface area contributed by atoms with Crippen LogP contribution in [0.15, 0.2) is 91.0 Å². The Morgan fingerprint density at radius 3 is 0.648 bits per heavy atom. The van der Waals surface area contributed by atoms with E-state index in [1.807, 2.05) is 46.4 Å². The minimum Gasteiger partial charge on any atom is -0.462 e. The van der Waals surface area contributed by atoms with E-state index in [1.165, 1.54) is 99.4 Å². The Balaban J connectivity index is -0.000000827. The number of ether oxygens (including phenoxy) is 12. The first-order chi connectivity index (χ1) is 67.7. The van der Waals surface area contributed by atoms with Gasteiger partial charge in [0.25, 0.3) is 0 Å². The highest BCUT2D eigenvalue weighted by Gasteiger charge is 2.29. The summed E-state index contributed by atoms with van der Waals surface area (Å²) in [4.78, 5) is 51.1. The van der Waals surface area contributed by atoms with Crippen molar-refractivity contribution in [2.24, 2.45) is 17.8 Å². The second-order valence-corrected chi connectivity index (χ2v) is 45.5. The number of carbonyl (C=O) groups excluding carboxylic acids is 3. The smallest absolute Gasteiger partial charge is 0.320 e. The van der Waals surface area contributed by atoms with Gasteiger partial charge in [-0.3, -0.25) is 34.0 Å². The lowest BCUT2D eigenvalue weighted by atomic mass is 10.0. The van der Waals surface area contributed by atoms with Crippen molar-refractivity contribution >= 4 is 17.9 Å². The summed E-state index contributed by atoms with van der Waals surface area (Å²) in [7, 11) is 0. The number of nitrogens with zero attached hydrogens (tertiary/aromatic N) is 7. The van der Waals surface area contributed by atoms with Crippen molar-refractivity contribution in [3.8, 4) is 0 Å². The highest BCUT2D eigenvalue weighted by molar-refractivity contribution is 5.78. The van der Waals surface area contributed by atoms with E-state index in [2.05, 4.69) is 360 Å². The van der Waals surface area contributed by atoms with E-state index in [0.717, 1.165) is 76.7 Å². The van der Waals surface area contributed by atoms with Gasteiger partial charge in [0.1, 0.15) is 20.2 Å². The van der Waals surface area contributed by atoms with E-state index in [1.54, 1.807) is 41.5 Å². The van der Waals surface area contributed by atoms with Crippen LogP contribution in [0.1, 0.15) is 385 Å². The number of carbonyl (C=O) groups is 3. The van der Waals surface area contributed by atoms with Crippen LogP contribution in [-0.4, -0.2) is 318 Å². The molecular weight excluding hydrogens is 1820 g/mol. The van der Waals surface area contributed by atoms with Gasteiger partial charge in [0, 0.05) is 75.5 Å². The third-order valence-corrected chi connectivity index (χ3v) is 21.6. The normalized spacial score (nSPS) is 13.4. The molecule has 0 saturated heterocycles. The van der Waals surface area contributed by atoms with Crippen molar-refractivity contribution in [1.29, 1.82) is 0 Å². The number of rotatable bonds is 72. The highest BCUT2D eigenvalue weighted by atomic mass is 16.6. The minimum atomic E-state index is -0.510. The van der Waals surface area contributed by atoms with Crippen molar-refractivity contribution in [2.75, 3.05) is 138 Å². The lowest BCUT2D eigenvalue weighted by molar-refractivity contribution is -0.155. The van der Waals surface area contributed by atoms with Crippen LogP contribution in [0.5, 0.6) is 0 Å². The first-order valence-corrected chi connectivity index (χ1v) is 56.5. The molecule has 0 aliphatic carbocycles. The molecule has 0 spiro atoms. The standard InChI is InChI=1S/C33H45NO3.C18H42N4.C18H39NO3.C15H27NO6.C15H33N.C12H27NO3.C9H21N/c1-25(2)35-31(28-16-10-7-11-17-28)22-34(23-32(36-26(3)4)29-18-12-8-13-19-29)24-33(37-27(5)6)30-20-14-9-15-21-30;1-16(2)19-10-7-13-22(14-8-11-20-17(3)4)15-9-12-21-18(5)6;1-13(2)20-16(7)10-19(11-17(8)21-14(3)4)12-18(9)22-15(5)6;1-10(2)20-13(17)7-16(8-14(18)21-11(3)4)9-15(19)22-12(5)6;1-13(2)7-10-16(11-8-14(3)4)12-9-15(5)6;1-10(2)14-7-13(8-15-11(3)4)9-16-12(5)6;1-7(2)10(8(3)4)9(5)6/h7-21,25-27,31-33H,22-24H2,1-6H3;16-21H,7-15H2,1-6H3;13-18H,10-12H2,1-9H3;10-12H,7-9H2,1-6H3;13-15H,7-12H2,1-6H3;10-12H,7-9H2,1-6H3;7-9H,1-6H3/t31-,32-,33-;;16-,17-,18-;;;;/m0.1..../s1. The molecule has 145 heavy (non-hydrogen) atoms. The Morgan fingerprint density at radius 1 is 0.241 bits per heavy atom. The average molecular weight is 2060 g/mol. The summed E-state index contributed by atoms with van der Waals surface area (Å²) in [6.45, 7) is 112. The summed E-state index contributed by atoms with van der Waals surface area (Å²) < 4.78 is 68.8. The molecule has 0 saturated carbocycles. The van der Waals surface area contributed by atoms with Gasteiger partial charge in [0.2, 0.25) is 0 Å². The zero-order chi connectivity index (χ0) is 111. The van der Waals surface area contributed by atoms with E-state index in [9.17, 15) is 14.4 Å². The quantitative estimate of drug-likeness (QED) is 0.0207. The molecule has 0 fully saturated rings. The van der Waals surface area contributed by atoms with Crippen LogP contribution in [0.3, 0.4) is 0 Å². The topological polar surface area (TPSA) is 221 Å². The fourth-order valence-corrected chi connectivity index (χ4v) is 15.8. The Bertz CT molecular complexity index is 2990. The van der Waals surface area contributed by atoms with Crippen molar-refractivity contribution < 1.29 is 71.2 Å². The first kappa shape index (κ1) is 147. The third kappa shape index (κ3) is 95.0. The molecule has 854 valence electrons. The highest BCUT2D eigenvalue weighted by Crippen LogP contribution is 2.30. The molecule has 3 aromatic rings. The van der Waals surface area contributed by atoms with Crippen molar-refractivity contribution in [3.05, 3.63) is 108 Å². The number of hydrogen-bond donors (Lipinski definition) is 3. The van der Waals surface area contributed by atoms with Gasteiger partial charge in [-0.15, -0.1) is 0 Å². The van der Waals surface area contributed by atoms with Gasteiger partial charge in [0.05, 0.1) is 130 Å². The Morgan fingerprint density at radius 2 is 0.462 bits per heavy atom. The number of esters is 3. The van der Waals surface area contributed by atoms with Crippen LogP contribution in [0.2, 0.25) is 0 Å². The summed E-state index contributed by atoms with van der Waals surface area (Å²) >= 11 is 0. The zero-order valence-corrected chi connectivity index (χ0v) is 102. The summed E-state index contributed by atoms with van der Waals surface area (Å²) in [6.07, 6.45) is 9.17. The van der Waals surface area contributed by atoms with E-state index < -0.39 is 17.9 Å². The predicted octanol–water partition coefficient (Wildman–Crippen LogP) is 24.5. The maximum Gasteiger partial charge on any atom is 0.320 e. The van der Waals surface area contributed by atoms with E-state index in [4.69, 9.17) is 56.8 Å². The monoisotopic (exact) mass is 2060 g/mol. The third-order valence-electron chi connectivity index (χ3n) is 21.6. The molecule has 6 atom stereocenters. The van der Waals surface area contributed by atoms with Crippen molar-refractivity contribution in [3.63, 3.8) is 0 Å². The molecule has 25 heteroatoms. The fourth-order valence-electron chi connectivity index (χ4n) is 15.8. The zero-order valence-electron chi connectivity index (χ0n) is 102. The van der Waals surface area contributed by atoms with Gasteiger partial charge in [-0.25, -0.2) is 4.90 Å². The van der Waals surface area contributed by atoms with Gasteiger partial charge < -0.3 is 82.6 Å². The minimum absolute atomic E-state index is 0.0628. The lowest BCUT2D eigenvalue weighted by Gasteiger charge is -2.35. The van der Waals surface area contributed by atoms with E-state index >= 15 is 0 Å². The maximum absolute atomic E-state index is 11.7. The molecule has 0 amide bonds. The Hall–Kier alpha value is -4.69. The number of hydrogen-bond acceptors (Lipinski definition) is 25. The molecule has 0 radical (unpaired) electrons. The summed E-state index contributed by atoms with van der Waals surface area (Å²) in [5, 5.41) is 10.5. The number of benzene rings is 3. The van der Waals surface area contributed by atoms with Crippen LogP contribution in [0.4, 0.5) is 0 Å². The fraction of sp³-hybridized carbons (Fsp3) is 0.825. The number of nitrogens with one attached hydrogen (secondary N) is 3. The van der Waals surface area contributed by atoms with Gasteiger partial charge in [-0.05, 0) is 360 Å². The summed E-state index contributed by atoms with van der Waals surface area (Å²) in [6, 6.07) is 35.4. The molecule has 0 aromatic heterocycles. The van der Waals surface area contributed by atoms with Crippen LogP contribution in [0, 0.1) is 17.8 Å². The van der Waals surface area contributed by atoms with Crippen LogP contribution in [-0.2, 0) is 71.2 Å².